The van der Waals surface area contributed by atoms with Crippen LogP contribution in [0.1, 0.15) is 28.1 Å². The average molecular weight is 383 g/mol. The van der Waals surface area contributed by atoms with Crippen LogP contribution in [0.4, 0.5) is 11.4 Å². The Kier molecular flexibility index (Phi) is 5.94. The molecule has 0 saturated carbocycles. The predicted molar refractivity (Wildman–Crippen MR) is 106 cm³/mol. The SMILES string of the molecule is Cc1cccc(CCC(=O)Nc2ccc(Cl)cc2NC(=O)c2ccco2)c1. The molecule has 0 aliphatic rings. The van der Waals surface area contributed by atoms with Crippen LogP contribution in [-0.4, -0.2) is 11.8 Å². The lowest BCUT2D eigenvalue weighted by Crippen LogP contribution is -2.16. The number of furan rings is 1. The second kappa shape index (κ2) is 8.56. The molecule has 3 rings (SSSR count). The topological polar surface area (TPSA) is 71.3 Å². The normalized spacial score (nSPS) is 10.4. The standard InChI is InChI=1S/C21H19ClN2O3/c1-14-4-2-5-15(12-14)7-10-20(25)23-17-9-8-16(22)13-18(17)24-21(26)19-6-3-11-27-19/h2-6,8-9,11-13H,7,10H2,1H3,(H,23,25)(H,24,26). The highest BCUT2D eigenvalue weighted by Gasteiger charge is 2.13. The maximum absolute atomic E-state index is 12.3. The fourth-order valence-corrected chi connectivity index (χ4v) is 2.83. The number of carbonyl (C=O) groups excluding carboxylic acids is 2. The van der Waals surface area contributed by atoms with Crippen molar-refractivity contribution >= 4 is 34.8 Å². The van der Waals surface area contributed by atoms with Gasteiger partial charge in [0.1, 0.15) is 0 Å². The van der Waals surface area contributed by atoms with Crippen molar-refractivity contribution in [2.75, 3.05) is 10.6 Å². The lowest BCUT2D eigenvalue weighted by Gasteiger charge is -2.12. The second-order valence-electron chi connectivity index (χ2n) is 6.16. The summed E-state index contributed by atoms with van der Waals surface area (Å²) in [6, 6.07) is 16.1. The summed E-state index contributed by atoms with van der Waals surface area (Å²) in [5, 5.41) is 5.99. The Bertz CT molecular complexity index is 952. The van der Waals surface area contributed by atoms with Gasteiger partial charge in [0.2, 0.25) is 5.91 Å². The first-order valence-corrected chi connectivity index (χ1v) is 8.89. The molecule has 3 aromatic rings. The zero-order valence-electron chi connectivity index (χ0n) is 14.8. The molecular formula is C21H19ClN2O3. The van der Waals surface area contributed by atoms with Crippen molar-refractivity contribution in [1.29, 1.82) is 0 Å². The van der Waals surface area contributed by atoms with E-state index in [1.165, 1.54) is 6.26 Å². The molecule has 0 fully saturated rings. The number of hydrogen-bond acceptors (Lipinski definition) is 3. The van der Waals surface area contributed by atoms with Gasteiger partial charge in [-0.15, -0.1) is 0 Å². The van der Waals surface area contributed by atoms with E-state index >= 15 is 0 Å². The minimum Gasteiger partial charge on any atom is -0.459 e. The molecule has 0 aliphatic heterocycles. The summed E-state index contributed by atoms with van der Waals surface area (Å²) in [6.45, 7) is 2.02. The quantitative estimate of drug-likeness (QED) is 0.625. The minimum absolute atomic E-state index is 0.146. The fourth-order valence-electron chi connectivity index (χ4n) is 2.66. The van der Waals surface area contributed by atoms with E-state index in [1.807, 2.05) is 25.1 Å². The van der Waals surface area contributed by atoms with Crippen molar-refractivity contribution in [3.05, 3.63) is 82.8 Å². The Labute approximate surface area is 162 Å². The monoisotopic (exact) mass is 382 g/mol. The van der Waals surface area contributed by atoms with Crippen molar-refractivity contribution in [2.45, 2.75) is 19.8 Å². The van der Waals surface area contributed by atoms with Crippen LogP contribution < -0.4 is 10.6 Å². The molecule has 5 nitrogen and oxygen atoms in total. The Morgan fingerprint density at radius 2 is 1.85 bits per heavy atom. The minimum atomic E-state index is -0.419. The number of aryl methyl sites for hydroxylation is 2. The number of anilines is 2. The number of amides is 2. The number of hydrogen-bond donors (Lipinski definition) is 2. The van der Waals surface area contributed by atoms with E-state index in [-0.39, 0.29) is 11.7 Å². The van der Waals surface area contributed by atoms with Gasteiger partial charge in [-0.2, -0.15) is 0 Å². The molecule has 1 heterocycles. The summed E-state index contributed by atoms with van der Waals surface area (Å²) < 4.78 is 5.08. The van der Waals surface area contributed by atoms with Gasteiger partial charge in [-0.05, 0) is 49.2 Å². The first-order chi connectivity index (χ1) is 13.0. The van der Waals surface area contributed by atoms with Crippen LogP contribution in [0.3, 0.4) is 0 Å². The van der Waals surface area contributed by atoms with E-state index in [9.17, 15) is 9.59 Å². The highest BCUT2D eigenvalue weighted by Crippen LogP contribution is 2.26. The summed E-state index contributed by atoms with van der Waals surface area (Å²) in [5.41, 5.74) is 3.16. The Hall–Kier alpha value is -3.05. The Morgan fingerprint density at radius 1 is 1.00 bits per heavy atom. The zero-order valence-corrected chi connectivity index (χ0v) is 15.5. The number of halogens is 1. The van der Waals surface area contributed by atoms with Gasteiger partial charge in [0.15, 0.2) is 5.76 Å². The first-order valence-electron chi connectivity index (χ1n) is 8.51. The van der Waals surface area contributed by atoms with E-state index in [4.69, 9.17) is 16.0 Å². The third-order valence-electron chi connectivity index (χ3n) is 3.97. The number of carbonyl (C=O) groups is 2. The van der Waals surface area contributed by atoms with Crippen LogP contribution in [0.5, 0.6) is 0 Å². The van der Waals surface area contributed by atoms with Crippen molar-refractivity contribution < 1.29 is 14.0 Å². The maximum atomic E-state index is 12.3. The molecule has 2 amide bonds. The summed E-state index contributed by atoms with van der Waals surface area (Å²) in [4.78, 5) is 24.6. The highest BCUT2D eigenvalue weighted by molar-refractivity contribution is 6.31. The van der Waals surface area contributed by atoms with Crippen LogP contribution >= 0.6 is 11.6 Å². The third kappa shape index (κ3) is 5.21. The number of nitrogens with one attached hydrogen (secondary N) is 2. The van der Waals surface area contributed by atoms with Crippen molar-refractivity contribution in [3.8, 4) is 0 Å². The smallest absolute Gasteiger partial charge is 0.291 e. The molecule has 0 unspecified atom stereocenters. The second-order valence-corrected chi connectivity index (χ2v) is 6.59. The van der Waals surface area contributed by atoms with Crippen LogP contribution in [0.2, 0.25) is 5.02 Å². The largest absolute Gasteiger partial charge is 0.459 e. The molecule has 2 aromatic carbocycles. The lowest BCUT2D eigenvalue weighted by atomic mass is 10.1. The molecule has 0 aliphatic carbocycles. The Morgan fingerprint density at radius 3 is 2.59 bits per heavy atom. The van der Waals surface area contributed by atoms with Crippen molar-refractivity contribution in [1.82, 2.24) is 0 Å². The maximum Gasteiger partial charge on any atom is 0.291 e. The molecule has 0 spiro atoms. The lowest BCUT2D eigenvalue weighted by molar-refractivity contribution is -0.116. The van der Waals surface area contributed by atoms with Gasteiger partial charge in [0.05, 0.1) is 17.6 Å². The zero-order chi connectivity index (χ0) is 19.2. The van der Waals surface area contributed by atoms with Gasteiger partial charge in [-0.25, -0.2) is 0 Å². The molecule has 0 radical (unpaired) electrons. The molecule has 27 heavy (non-hydrogen) atoms. The van der Waals surface area contributed by atoms with Gasteiger partial charge in [0.25, 0.3) is 5.91 Å². The van der Waals surface area contributed by atoms with Gasteiger partial charge >= 0.3 is 0 Å². The average Bonchev–Trinajstić information content (AvgIpc) is 3.17. The van der Waals surface area contributed by atoms with Gasteiger partial charge in [-0.3, -0.25) is 9.59 Å². The van der Waals surface area contributed by atoms with Crippen LogP contribution in [0.15, 0.2) is 65.3 Å². The summed E-state index contributed by atoms with van der Waals surface area (Å²) >= 11 is 6.03. The van der Waals surface area contributed by atoms with Gasteiger partial charge < -0.3 is 15.1 Å². The molecular weight excluding hydrogens is 364 g/mol. The van der Waals surface area contributed by atoms with Crippen LogP contribution in [0, 0.1) is 6.92 Å². The van der Waals surface area contributed by atoms with Gasteiger partial charge in [-0.1, -0.05) is 41.4 Å². The molecule has 0 atom stereocenters. The fraction of sp³-hybridized carbons (Fsp3) is 0.143. The number of benzene rings is 2. The van der Waals surface area contributed by atoms with Crippen LogP contribution in [-0.2, 0) is 11.2 Å². The van der Waals surface area contributed by atoms with E-state index in [0.29, 0.717) is 29.2 Å². The van der Waals surface area contributed by atoms with E-state index in [0.717, 1.165) is 11.1 Å². The number of rotatable bonds is 6. The summed E-state index contributed by atoms with van der Waals surface area (Å²) in [5.74, 6) is -0.392. The van der Waals surface area contributed by atoms with E-state index in [2.05, 4.69) is 16.7 Å². The molecule has 1 aromatic heterocycles. The molecule has 138 valence electrons. The van der Waals surface area contributed by atoms with E-state index < -0.39 is 5.91 Å². The molecule has 2 N–H and O–H groups in total. The Balaban J connectivity index is 1.67. The van der Waals surface area contributed by atoms with Gasteiger partial charge in [0, 0.05) is 11.4 Å². The van der Waals surface area contributed by atoms with Crippen molar-refractivity contribution in [3.63, 3.8) is 0 Å². The van der Waals surface area contributed by atoms with E-state index in [1.54, 1.807) is 30.3 Å². The first kappa shape index (κ1) is 18.7. The van der Waals surface area contributed by atoms with Crippen molar-refractivity contribution in [2.24, 2.45) is 0 Å². The third-order valence-corrected chi connectivity index (χ3v) is 4.21. The molecule has 6 heteroatoms. The summed E-state index contributed by atoms with van der Waals surface area (Å²) in [7, 11) is 0. The molecule has 0 saturated heterocycles. The van der Waals surface area contributed by atoms with Crippen LogP contribution in [0.25, 0.3) is 0 Å². The highest BCUT2D eigenvalue weighted by atomic mass is 35.5. The predicted octanol–water partition coefficient (Wildman–Crippen LogP) is 5.07. The summed E-state index contributed by atoms with van der Waals surface area (Å²) in [6.07, 6.45) is 2.38. The molecule has 0 bridgehead atoms.